The van der Waals surface area contributed by atoms with Gasteiger partial charge in [0.05, 0.1) is 10.6 Å². The first-order valence-corrected chi connectivity index (χ1v) is 7.66. The molecule has 2 heterocycles. The molecule has 8 heteroatoms. The van der Waals surface area contributed by atoms with Crippen molar-refractivity contribution in [3.63, 3.8) is 0 Å². The van der Waals surface area contributed by atoms with Crippen LogP contribution in [0.15, 0.2) is 12.3 Å². The molecule has 2 rings (SSSR count). The highest BCUT2D eigenvalue weighted by Crippen LogP contribution is 2.22. The number of rotatable bonds is 5. The number of hydrogen-bond acceptors (Lipinski definition) is 6. The molecule has 0 unspecified atom stereocenters. The SMILES string of the molecule is CNc1cc(C(=O)Nc2nnc(CC(C)C)s2)c(Cl)cn1. The quantitative estimate of drug-likeness (QED) is 0.883. The van der Waals surface area contributed by atoms with Gasteiger partial charge in [0.2, 0.25) is 5.13 Å². The van der Waals surface area contributed by atoms with E-state index in [4.69, 9.17) is 11.6 Å². The van der Waals surface area contributed by atoms with Crippen molar-refractivity contribution in [1.82, 2.24) is 15.2 Å². The Kier molecular flexibility index (Phi) is 5.08. The Morgan fingerprint density at radius 2 is 2.19 bits per heavy atom. The van der Waals surface area contributed by atoms with Crippen molar-refractivity contribution in [2.45, 2.75) is 20.3 Å². The molecular weight excluding hydrogens is 310 g/mol. The standard InChI is InChI=1S/C13H16ClN5OS/c1-7(2)4-11-18-19-13(21-11)17-12(20)8-5-10(15-3)16-6-9(8)14/h5-7H,4H2,1-3H3,(H,15,16)(H,17,19,20). The highest BCUT2D eigenvalue weighted by molar-refractivity contribution is 7.15. The van der Waals surface area contributed by atoms with Crippen molar-refractivity contribution in [3.8, 4) is 0 Å². The van der Waals surface area contributed by atoms with Crippen LogP contribution in [0.1, 0.15) is 29.2 Å². The van der Waals surface area contributed by atoms with Gasteiger partial charge in [0.25, 0.3) is 5.91 Å². The fourth-order valence-electron chi connectivity index (χ4n) is 1.65. The third-order valence-corrected chi connectivity index (χ3v) is 3.79. The van der Waals surface area contributed by atoms with Crippen molar-refractivity contribution in [1.29, 1.82) is 0 Å². The molecule has 2 aromatic rings. The number of anilines is 2. The predicted molar refractivity (Wildman–Crippen MR) is 85.2 cm³/mol. The summed E-state index contributed by atoms with van der Waals surface area (Å²) in [4.78, 5) is 16.3. The van der Waals surface area contributed by atoms with Gasteiger partial charge in [-0.05, 0) is 12.0 Å². The Morgan fingerprint density at radius 1 is 1.43 bits per heavy atom. The second-order valence-electron chi connectivity index (χ2n) is 4.85. The smallest absolute Gasteiger partial charge is 0.259 e. The molecule has 0 aromatic carbocycles. The van der Waals surface area contributed by atoms with Crippen LogP contribution >= 0.6 is 22.9 Å². The first-order chi connectivity index (χ1) is 9.99. The second kappa shape index (κ2) is 6.82. The normalized spacial score (nSPS) is 10.7. The summed E-state index contributed by atoms with van der Waals surface area (Å²) in [5.41, 5.74) is 0.344. The Morgan fingerprint density at radius 3 is 2.86 bits per heavy atom. The topological polar surface area (TPSA) is 79.8 Å². The molecule has 0 fully saturated rings. The number of amides is 1. The summed E-state index contributed by atoms with van der Waals surface area (Å²) in [6.45, 7) is 4.21. The zero-order chi connectivity index (χ0) is 15.4. The van der Waals surface area contributed by atoms with E-state index in [1.807, 2.05) is 0 Å². The van der Waals surface area contributed by atoms with Gasteiger partial charge in [-0.15, -0.1) is 10.2 Å². The van der Waals surface area contributed by atoms with E-state index in [-0.39, 0.29) is 5.91 Å². The van der Waals surface area contributed by atoms with Gasteiger partial charge in [-0.3, -0.25) is 10.1 Å². The van der Waals surface area contributed by atoms with Crippen LogP contribution in [0.3, 0.4) is 0 Å². The summed E-state index contributed by atoms with van der Waals surface area (Å²) < 4.78 is 0. The van der Waals surface area contributed by atoms with Gasteiger partial charge in [-0.1, -0.05) is 36.8 Å². The summed E-state index contributed by atoms with van der Waals surface area (Å²) in [6, 6.07) is 1.59. The molecule has 0 saturated carbocycles. The molecule has 0 radical (unpaired) electrons. The van der Waals surface area contributed by atoms with Crippen LogP contribution < -0.4 is 10.6 Å². The van der Waals surface area contributed by atoms with E-state index in [1.54, 1.807) is 13.1 Å². The second-order valence-corrected chi connectivity index (χ2v) is 6.32. The zero-order valence-corrected chi connectivity index (χ0v) is 13.5. The van der Waals surface area contributed by atoms with E-state index in [9.17, 15) is 4.79 Å². The molecule has 2 aromatic heterocycles. The van der Waals surface area contributed by atoms with E-state index in [0.717, 1.165) is 11.4 Å². The third-order valence-electron chi connectivity index (χ3n) is 2.63. The molecule has 1 amide bonds. The molecule has 0 aliphatic rings. The lowest BCUT2D eigenvalue weighted by Crippen LogP contribution is -2.13. The average molecular weight is 326 g/mol. The van der Waals surface area contributed by atoms with E-state index in [1.165, 1.54) is 17.5 Å². The number of nitrogens with zero attached hydrogens (tertiary/aromatic N) is 3. The van der Waals surface area contributed by atoms with Crippen LogP contribution in [-0.4, -0.2) is 28.1 Å². The molecular formula is C13H16ClN5OS. The minimum atomic E-state index is -0.328. The number of carbonyl (C=O) groups is 1. The van der Waals surface area contributed by atoms with E-state index in [2.05, 4.69) is 39.7 Å². The summed E-state index contributed by atoms with van der Waals surface area (Å²) in [5.74, 6) is 0.739. The monoisotopic (exact) mass is 325 g/mol. The highest BCUT2D eigenvalue weighted by atomic mass is 35.5. The zero-order valence-electron chi connectivity index (χ0n) is 12.0. The molecule has 2 N–H and O–H groups in total. The number of halogens is 1. The number of hydrogen-bond donors (Lipinski definition) is 2. The van der Waals surface area contributed by atoms with Gasteiger partial charge in [-0.2, -0.15) is 0 Å². The van der Waals surface area contributed by atoms with Gasteiger partial charge < -0.3 is 5.32 Å². The van der Waals surface area contributed by atoms with E-state index < -0.39 is 0 Å². The molecule has 6 nitrogen and oxygen atoms in total. The summed E-state index contributed by atoms with van der Waals surface area (Å²) in [5, 5.41) is 15.3. The maximum absolute atomic E-state index is 12.2. The summed E-state index contributed by atoms with van der Waals surface area (Å²) in [7, 11) is 1.72. The van der Waals surface area contributed by atoms with Gasteiger partial charge in [-0.25, -0.2) is 4.98 Å². The average Bonchev–Trinajstić information content (AvgIpc) is 2.85. The fourth-order valence-corrected chi connectivity index (χ4v) is 2.79. The van der Waals surface area contributed by atoms with Crippen LogP contribution in [0.25, 0.3) is 0 Å². The minimum absolute atomic E-state index is 0.290. The first kappa shape index (κ1) is 15.7. The maximum Gasteiger partial charge on any atom is 0.259 e. The minimum Gasteiger partial charge on any atom is -0.373 e. The van der Waals surface area contributed by atoms with Crippen molar-refractivity contribution in [2.24, 2.45) is 5.92 Å². The summed E-state index contributed by atoms with van der Waals surface area (Å²) in [6.07, 6.45) is 2.28. The Hall–Kier alpha value is -1.73. The van der Waals surface area contributed by atoms with Crippen LogP contribution in [0.5, 0.6) is 0 Å². The van der Waals surface area contributed by atoms with Crippen LogP contribution in [-0.2, 0) is 6.42 Å². The predicted octanol–water partition coefficient (Wildman–Crippen LogP) is 3.08. The number of nitrogens with one attached hydrogen (secondary N) is 2. The third kappa shape index (κ3) is 4.12. The lowest BCUT2D eigenvalue weighted by molar-refractivity contribution is 0.102. The molecule has 0 saturated heterocycles. The van der Waals surface area contributed by atoms with Crippen molar-refractivity contribution < 1.29 is 4.79 Å². The van der Waals surface area contributed by atoms with Gasteiger partial charge in [0, 0.05) is 19.7 Å². The lowest BCUT2D eigenvalue weighted by atomic mass is 10.1. The molecule has 21 heavy (non-hydrogen) atoms. The number of aromatic nitrogens is 3. The van der Waals surface area contributed by atoms with Crippen molar-refractivity contribution in [2.75, 3.05) is 17.7 Å². The Balaban J connectivity index is 2.12. The van der Waals surface area contributed by atoms with Gasteiger partial charge in [0.1, 0.15) is 10.8 Å². The summed E-state index contributed by atoms with van der Waals surface area (Å²) >= 11 is 7.38. The van der Waals surface area contributed by atoms with Gasteiger partial charge >= 0.3 is 0 Å². The molecule has 0 aliphatic carbocycles. The molecule has 0 spiro atoms. The van der Waals surface area contributed by atoms with Crippen LogP contribution in [0.2, 0.25) is 5.02 Å². The lowest BCUT2D eigenvalue weighted by Gasteiger charge is -2.05. The number of carbonyl (C=O) groups excluding carboxylic acids is 1. The van der Waals surface area contributed by atoms with Crippen molar-refractivity contribution in [3.05, 3.63) is 27.9 Å². The Labute approximate surface area is 132 Å². The highest BCUT2D eigenvalue weighted by Gasteiger charge is 2.15. The molecule has 0 atom stereocenters. The number of pyridine rings is 1. The largest absolute Gasteiger partial charge is 0.373 e. The van der Waals surface area contributed by atoms with Gasteiger partial charge in [0.15, 0.2) is 0 Å². The Bertz CT molecular complexity index is 643. The van der Waals surface area contributed by atoms with Crippen molar-refractivity contribution >= 4 is 39.8 Å². The first-order valence-electron chi connectivity index (χ1n) is 6.46. The fraction of sp³-hybridized carbons (Fsp3) is 0.385. The molecule has 112 valence electrons. The van der Waals surface area contributed by atoms with Crippen LogP contribution in [0.4, 0.5) is 10.9 Å². The molecule has 0 aliphatic heterocycles. The van der Waals surface area contributed by atoms with Crippen LogP contribution in [0, 0.1) is 5.92 Å². The van der Waals surface area contributed by atoms with E-state index >= 15 is 0 Å². The maximum atomic E-state index is 12.2. The molecule has 0 bridgehead atoms. The van der Waals surface area contributed by atoms with E-state index in [0.29, 0.717) is 27.5 Å².